The average molecular weight is 405 g/mol. The summed E-state index contributed by atoms with van der Waals surface area (Å²) in [6.45, 7) is 15.2. The SMILES string of the molecule is CN(CCCN1CCN(CCCNC(=O)OC(C)(C)C)CC1)Cc1ccccc1. The smallest absolute Gasteiger partial charge is 0.407 e. The molecule has 0 aliphatic carbocycles. The van der Waals surface area contributed by atoms with Crippen molar-refractivity contribution in [1.29, 1.82) is 0 Å². The summed E-state index contributed by atoms with van der Waals surface area (Å²) >= 11 is 0. The number of carbonyl (C=O) groups is 1. The lowest BCUT2D eigenvalue weighted by Gasteiger charge is -2.35. The van der Waals surface area contributed by atoms with Crippen molar-refractivity contribution in [3.63, 3.8) is 0 Å². The molecule has 1 N–H and O–H groups in total. The molecule has 1 aliphatic rings. The summed E-state index contributed by atoms with van der Waals surface area (Å²) in [5.41, 5.74) is 0.946. The topological polar surface area (TPSA) is 48.0 Å². The van der Waals surface area contributed by atoms with Crippen molar-refractivity contribution >= 4 is 6.09 Å². The maximum absolute atomic E-state index is 11.6. The van der Waals surface area contributed by atoms with Crippen molar-refractivity contribution in [3.05, 3.63) is 35.9 Å². The highest BCUT2D eigenvalue weighted by Crippen LogP contribution is 2.07. The van der Waals surface area contributed by atoms with Gasteiger partial charge in [-0.25, -0.2) is 4.79 Å². The Kier molecular flexibility index (Phi) is 9.91. The van der Waals surface area contributed by atoms with E-state index in [2.05, 4.69) is 57.4 Å². The second-order valence-corrected chi connectivity index (χ2v) is 9.04. The number of amides is 1. The molecule has 164 valence electrons. The number of nitrogens with one attached hydrogen (secondary N) is 1. The van der Waals surface area contributed by atoms with Crippen LogP contribution in [0, 0.1) is 0 Å². The van der Waals surface area contributed by atoms with Crippen LogP contribution >= 0.6 is 0 Å². The first kappa shape index (κ1) is 23.6. The molecular formula is C23H40N4O2. The predicted molar refractivity (Wildman–Crippen MR) is 119 cm³/mol. The molecule has 0 aromatic heterocycles. The minimum atomic E-state index is -0.434. The molecule has 0 bridgehead atoms. The third-order valence-corrected chi connectivity index (χ3v) is 5.09. The molecular weight excluding hydrogens is 364 g/mol. The number of benzene rings is 1. The number of ether oxygens (including phenoxy) is 1. The largest absolute Gasteiger partial charge is 0.444 e. The molecule has 0 spiro atoms. The van der Waals surface area contributed by atoms with Gasteiger partial charge in [0.05, 0.1) is 0 Å². The van der Waals surface area contributed by atoms with Crippen molar-refractivity contribution in [2.75, 3.05) is 59.4 Å². The molecule has 1 amide bonds. The molecule has 1 saturated heterocycles. The number of piperazine rings is 1. The maximum Gasteiger partial charge on any atom is 0.407 e. The normalized spacial score (nSPS) is 16.2. The summed E-state index contributed by atoms with van der Waals surface area (Å²) in [6, 6.07) is 10.7. The lowest BCUT2D eigenvalue weighted by atomic mass is 10.2. The van der Waals surface area contributed by atoms with Crippen molar-refractivity contribution in [1.82, 2.24) is 20.0 Å². The van der Waals surface area contributed by atoms with Crippen LogP contribution in [0.2, 0.25) is 0 Å². The third kappa shape index (κ3) is 10.6. The maximum atomic E-state index is 11.6. The van der Waals surface area contributed by atoms with Gasteiger partial charge in [-0.05, 0) is 65.9 Å². The van der Waals surface area contributed by atoms with E-state index in [9.17, 15) is 4.79 Å². The number of rotatable bonds is 10. The zero-order chi connectivity index (χ0) is 21.1. The number of hydrogen-bond donors (Lipinski definition) is 1. The Labute approximate surface area is 177 Å². The molecule has 0 unspecified atom stereocenters. The van der Waals surface area contributed by atoms with E-state index < -0.39 is 5.60 Å². The predicted octanol–water partition coefficient (Wildman–Crippen LogP) is 3.04. The van der Waals surface area contributed by atoms with E-state index in [1.54, 1.807) is 0 Å². The van der Waals surface area contributed by atoms with Gasteiger partial charge in [0.25, 0.3) is 0 Å². The fourth-order valence-electron chi connectivity index (χ4n) is 3.58. The number of alkyl carbamates (subject to hydrolysis) is 1. The molecule has 29 heavy (non-hydrogen) atoms. The van der Waals surface area contributed by atoms with Gasteiger partial charge in [0, 0.05) is 39.3 Å². The Morgan fingerprint density at radius 3 is 2.21 bits per heavy atom. The van der Waals surface area contributed by atoms with Gasteiger partial charge in [-0.15, -0.1) is 0 Å². The first-order valence-corrected chi connectivity index (χ1v) is 11.0. The van der Waals surface area contributed by atoms with E-state index in [1.807, 2.05) is 20.8 Å². The van der Waals surface area contributed by atoms with E-state index in [4.69, 9.17) is 4.74 Å². The first-order valence-electron chi connectivity index (χ1n) is 11.0. The van der Waals surface area contributed by atoms with Crippen molar-refractivity contribution in [3.8, 4) is 0 Å². The van der Waals surface area contributed by atoms with Crippen LogP contribution in [0.4, 0.5) is 4.79 Å². The van der Waals surface area contributed by atoms with E-state index in [-0.39, 0.29) is 6.09 Å². The highest BCUT2D eigenvalue weighted by Gasteiger charge is 2.17. The van der Waals surface area contributed by atoms with Crippen LogP contribution in [0.15, 0.2) is 30.3 Å². The molecule has 1 aromatic carbocycles. The highest BCUT2D eigenvalue weighted by atomic mass is 16.6. The Bertz CT molecular complexity index is 580. The van der Waals surface area contributed by atoms with E-state index >= 15 is 0 Å². The van der Waals surface area contributed by atoms with Gasteiger partial charge in [0.2, 0.25) is 0 Å². The van der Waals surface area contributed by atoms with Crippen LogP contribution in [0.1, 0.15) is 39.2 Å². The Balaban J connectivity index is 1.49. The van der Waals surface area contributed by atoms with Crippen LogP contribution in [0.5, 0.6) is 0 Å². The van der Waals surface area contributed by atoms with Crippen LogP contribution in [0.25, 0.3) is 0 Å². The molecule has 1 fully saturated rings. The summed E-state index contributed by atoms with van der Waals surface area (Å²) in [5, 5.41) is 2.84. The quantitative estimate of drug-likeness (QED) is 0.608. The fraction of sp³-hybridized carbons (Fsp3) is 0.696. The van der Waals surface area contributed by atoms with Crippen LogP contribution in [-0.2, 0) is 11.3 Å². The summed E-state index contributed by atoms with van der Waals surface area (Å²) in [4.78, 5) is 19.1. The van der Waals surface area contributed by atoms with E-state index in [0.717, 1.165) is 52.2 Å². The number of carbonyl (C=O) groups excluding carboxylic acids is 1. The average Bonchev–Trinajstić information content (AvgIpc) is 2.66. The molecule has 0 saturated carbocycles. The Morgan fingerprint density at radius 1 is 1.03 bits per heavy atom. The summed E-state index contributed by atoms with van der Waals surface area (Å²) in [5.74, 6) is 0. The lowest BCUT2D eigenvalue weighted by molar-refractivity contribution is 0.0524. The van der Waals surface area contributed by atoms with Gasteiger partial charge < -0.3 is 24.8 Å². The zero-order valence-electron chi connectivity index (χ0n) is 18.8. The molecule has 1 aliphatic heterocycles. The second-order valence-electron chi connectivity index (χ2n) is 9.04. The van der Waals surface area contributed by atoms with Gasteiger partial charge in [-0.2, -0.15) is 0 Å². The highest BCUT2D eigenvalue weighted by molar-refractivity contribution is 5.67. The number of hydrogen-bond acceptors (Lipinski definition) is 5. The van der Waals surface area contributed by atoms with Gasteiger partial charge in [-0.1, -0.05) is 30.3 Å². The first-order chi connectivity index (χ1) is 13.8. The standard InChI is InChI=1S/C23H40N4O2/c1-23(2,3)29-22(28)24-12-8-14-26-16-18-27(19-17-26)15-9-13-25(4)20-21-10-6-5-7-11-21/h5-7,10-11H,8-9,12-20H2,1-4H3,(H,24,28). The number of nitrogens with zero attached hydrogens (tertiary/aromatic N) is 3. The molecule has 6 nitrogen and oxygen atoms in total. The van der Waals surface area contributed by atoms with Gasteiger partial charge in [0.1, 0.15) is 5.60 Å². The summed E-state index contributed by atoms with van der Waals surface area (Å²) in [7, 11) is 2.20. The molecule has 6 heteroatoms. The molecule has 1 heterocycles. The van der Waals surface area contributed by atoms with Gasteiger partial charge in [0.15, 0.2) is 0 Å². The van der Waals surface area contributed by atoms with E-state index in [0.29, 0.717) is 6.54 Å². The third-order valence-electron chi connectivity index (χ3n) is 5.09. The monoisotopic (exact) mass is 404 g/mol. The fourth-order valence-corrected chi connectivity index (χ4v) is 3.58. The molecule has 0 radical (unpaired) electrons. The molecule has 0 atom stereocenters. The lowest BCUT2D eigenvalue weighted by Crippen LogP contribution is -2.47. The van der Waals surface area contributed by atoms with Gasteiger partial charge >= 0.3 is 6.09 Å². The zero-order valence-corrected chi connectivity index (χ0v) is 18.8. The Morgan fingerprint density at radius 2 is 1.62 bits per heavy atom. The van der Waals surface area contributed by atoms with Crippen LogP contribution in [-0.4, -0.2) is 85.8 Å². The summed E-state index contributed by atoms with van der Waals surface area (Å²) < 4.78 is 5.26. The summed E-state index contributed by atoms with van der Waals surface area (Å²) in [6.07, 6.45) is 1.85. The van der Waals surface area contributed by atoms with Crippen molar-refractivity contribution in [2.45, 2.75) is 45.8 Å². The Hall–Kier alpha value is -1.63. The molecule has 2 rings (SSSR count). The molecule has 1 aromatic rings. The van der Waals surface area contributed by atoms with Crippen LogP contribution in [0.3, 0.4) is 0 Å². The van der Waals surface area contributed by atoms with E-state index in [1.165, 1.54) is 18.5 Å². The minimum absolute atomic E-state index is 0.320. The minimum Gasteiger partial charge on any atom is -0.444 e. The van der Waals surface area contributed by atoms with Crippen molar-refractivity contribution < 1.29 is 9.53 Å². The van der Waals surface area contributed by atoms with Crippen molar-refractivity contribution in [2.24, 2.45) is 0 Å². The van der Waals surface area contributed by atoms with Crippen LogP contribution < -0.4 is 5.32 Å². The second kappa shape index (κ2) is 12.2. The van der Waals surface area contributed by atoms with Gasteiger partial charge in [-0.3, -0.25) is 0 Å².